The second-order valence-electron chi connectivity index (χ2n) is 2.83. The summed E-state index contributed by atoms with van der Waals surface area (Å²) in [5.41, 5.74) is 2.02. The van der Waals surface area contributed by atoms with Gasteiger partial charge in [0.2, 0.25) is 0 Å². The number of benzene rings is 1. The van der Waals surface area contributed by atoms with E-state index in [2.05, 4.69) is 15.1 Å². The van der Waals surface area contributed by atoms with Gasteiger partial charge >= 0.3 is 5.97 Å². The van der Waals surface area contributed by atoms with Crippen LogP contribution >= 0.6 is 0 Å². The fourth-order valence-corrected chi connectivity index (χ4v) is 1.08. The summed E-state index contributed by atoms with van der Waals surface area (Å²) in [6.07, 6.45) is 0. The molecule has 0 aliphatic rings. The third kappa shape index (κ3) is 3.04. The van der Waals surface area contributed by atoms with E-state index in [0.717, 1.165) is 0 Å². The lowest BCUT2D eigenvalue weighted by molar-refractivity contribution is -0.0704. The Hall–Kier alpha value is -1.92. The van der Waals surface area contributed by atoms with E-state index >= 15 is 0 Å². The molecule has 1 aromatic carbocycles. The lowest BCUT2D eigenvalue weighted by Gasteiger charge is -2.06. The van der Waals surface area contributed by atoms with Crippen molar-refractivity contribution in [2.75, 3.05) is 13.9 Å². The lowest BCUT2D eigenvalue weighted by atomic mass is 10.1. The molecule has 2 N–H and O–H groups in total. The first-order valence-electron chi connectivity index (χ1n) is 4.40. The normalized spacial score (nSPS) is 9.81. The summed E-state index contributed by atoms with van der Waals surface area (Å²) in [6, 6.07) is 5.84. The van der Waals surface area contributed by atoms with Crippen LogP contribution in [0, 0.1) is 0 Å². The van der Waals surface area contributed by atoms with E-state index < -0.39 is 11.9 Å². The molecule has 1 aromatic rings. The number of amides is 1. The third-order valence-electron chi connectivity index (χ3n) is 1.74. The zero-order chi connectivity index (χ0) is 12.0. The predicted octanol–water partition coefficient (Wildman–Crippen LogP) is 0.650. The number of carbonyl (C=O) groups is 2. The molecule has 0 atom stereocenters. The summed E-state index contributed by atoms with van der Waals surface area (Å²) in [4.78, 5) is 26.9. The lowest BCUT2D eigenvalue weighted by Crippen LogP contribution is -2.26. The number of hydrogen-bond donors (Lipinski definition) is 2. The summed E-state index contributed by atoms with van der Waals surface area (Å²) in [5.74, 6) is -1.80. The highest BCUT2D eigenvalue weighted by molar-refractivity contribution is 6.04. The number of rotatable bonds is 5. The standard InChI is InChI=1S/C10H11NO5/c1-15-6-16-11-9(12)7-4-2-3-5-8(7)10(13)14/h2-5H,6H2,1H3,(H,11,12)(H,13,14). The molecule has 6 heteroatoms. The molecule has 0 aromatic heterocycles. The monoisotopic (exact) mass is 225 g/mol. The Labute approximate surface area is 91.7 Å². The Morgan fingerprint density at radius 2 is 1.94 bits per heavy atom. The molecule has 0 aliphatic heterocycles. The number of carboxylic acids is 1. The van der Waals surface area contributed by atoms with Crippen molar-refractivity contribution in [3.63, 3.8) is 0 Å². The first kappa shape index (κ1) is 12.2. The summed E-state index contributed by atoms with van der Waals surface area (Å²) < 4.78 is 4.55. The minimum absolute atomic E-state index is 0.0334. The Bertz CT molecular complexity index is 391. The number of hydroxylamine groups is 1. The number of aromatic carboxylic acids is 1. The topological polar surface area (TPSA) is 84.9 Å². The minimum atomic E-state index is -1.17. The van der Waals surface area contributed by atoms with Gasteiger partial charge in [-0.2, -0.15) is 0 Å². The van der Waals surface area contributed by atoms with Crippen LogP contribution in [0.25, 0.3) is 0 Å². The van der Waals surface area contributed by atoms with E-state index in [9.17, 15) is 9.59 Å². The molecule has 0 spiro atoms. The van der Waals surface area contributed by atoms with Gasteiger partial charge in [0.25, 0.3) is 5.91 Å². The predicted molar refractivity (Wildman–Crippen MR) is 53.8 cm³/mol. The summed E-state index contributed by atoms with van der Waals surface area (Å²) in [7, 11) is 1.40. The maximum absolute atomic E-state index is 11.5. The quantitative estimate of drug-likeness (QED) is 0.436. The van der Waals surface area contributed by atoms with Crippen molar-refractivity contribution < 1.29 is 24.3 Å². The number of methoxy groups -OCH3 is 1. The van der Waals surface area contributed by atoms with E-state index in [4.69, 9.17) is 5.11 Å². The van der Waals surface area contributed by atoms with Crippen LogP contribution in [0.1, 0.15) is 20.7 Å². The van der Waals surface area contributed by atoms with E-state index in [1.807, 2.05) is 0 Å². The molecule has 0 saturated carbocycles. The maximum Gasteiger partial charge on any atom is 0.336 e. The molecule has 1 rings (SSSR count). The summed E-state index contributed by atoms with van der Waals surface area (Å²) in [6.45, 7) is -0.110. The highest BCUT2D eigenvalue weighted by Gasteiger charge is 2.15. The average Bonchev–Trinajstić information content (AvgIpc) is 2.29. The number of hydrogen-bond acceptors (Lipinski definition) is 4. The van der Waals surface area contributed by atoms with Crippen LogP contribution in [0.3, 0.4) is 0 Å². The van der Waals surface area contributed by atoms with Gasteiger partial charge in [-0.1, -0.05) is 12.1 Å². The molecule has 0 bridgehead atoms. The average molecular weight is 225 g/mol. The molecule has 16 heavy (non-hydrogen) atoms. The van der Waals surface area contributed by atoms with Gasteiger partial charge in [-0.15, -0.1) is 0 Å². The van der Waals surface area contributed by atoms with Crippen molar-refractivity contribution in [1.29, 1.82) is 0 Å². The van der Waals surface area contributed by atoms with Crippen LogP contribution in [-0.4, -0.2) is 30.9 Å². The SMILES string of the molecule is COCONC(=O)c1ccccc1C(=O)O. The second-order valence-corrected chi connectivity index (χ2v) is 2.83. The van der Waals surface area contributed by atoms with Gasteiger partial charge in [0.15, 0.2) is 6.79 Å². The zero-order valence-electron chi connectivity index (χ0n) is 8.60. The van der Waals surface area contributed by atoms with Gasteiger partial charge < -0.3 is 9.84 Å². The molecular formula is C10H11NO5. The Morgan fingerprint density at radius 1 is 1.31 bits per heavy atom. The fraction of sp³-hybridized carbons (Fsp3) is 0.200. The molecule has 0 saturated heterocycles. The van der Waals surface area contributed by atoms with Crippen LogP contribution in [0.4, 0.5) is 0 Å². The molecule has 0 radical (unpaired) electrons. The molecule has 0 fully saturated rings. The Morgan fingerprint density at radius 3 is 2.50 bits per heavy atom. The van der Waals surface area contributed by atoms with E-state index in [-0.39, 0.29) is 17.9 Å². The van der Waals surface area contributed by atoms with Crippen molar-refractivity contribution in [2.24, 2.45) is 0 Å². The Kier molecular flexibility index (Phi) is 4.43. The molecule has 1 amide bonds. The largest absolute Gasteiger partial charge is 0.478 e. The first-order valence-corrected chi connectivity index (χ1v) is 4.40. The number of ether oxygens (including phenoxy) is 1. The summed E-state index contributed by atoms with van der Waals surface area (Å²) >= 11 is 0. The number of carbonyl (C=O) groups excluding carboxylic acids is 1. The van der Waals surface area contributed by atoms with Crippen molar-refractivity contribution in [1.82, 2.24) is 5.48 Å². The van der Waals surface area contributed by atoms with Crippen LogP contribution < -0.4 is 5.48 Å². The van der Waals surface area contributed by atoms with E-state index in [1.54, 1.807) is 6.07 Å². The Balaban J connectivity index is 2.78. The van der Waals surface area contributed by atoms with Crippen molar-refractivity contribution in [3.05, 3.63) is 35.4 Å². The minimum Gasteiger partial charge on any atom is -0.478 e. The molecule has 0 unspecified atom stereocenters. The molecular weight excluding hydrogens is 214 g/mol. The third-order valence-corrected chi connectivity index (χ3v) is 1.74. The fourth-order valence-electron chi connectivity index (χ4n) is 1.08. The van der Waals surface area contributed by atoms with Gasteiger partial charge in [0, 0.05) is 7.11 Å². The molecule has 86 valence electrons. The van der Waals surface area contributed by atoms with Gasteiger partial charge in [-0.25, -0.2) is 15.1 Å². The first-order chi connectivity index (χ1) is 7.66. The van der Waals surface area contributed by atoms with Crippen LogP contribution in [-0.2, 0) is 9.57 Å². The number of nitrogens with one attached hydrogen (secondary N) is 1. The van der Waals surface area contributed by atoms with Crippen molar-refractivity contribution >= 4 is 11.9 Å². The van der Waals surface area contributed by atoms with Gasteiger partial charge in [-0.3, -0.25) is 4.79 Å². The zero-order valence-corrected chi connectivity index (χ0v) is 8.60. The number of carboxylic acid groups (broad SMARTS) is 1. The highest BCUT2D eigenvalue weighted by atomic mass is 16.8. The van der Waals surface area contributed by atoms with Gasteiger partial charge in [0.1, 0.15) is 0 Å². The van der Waals surface area contributed by atoms with Crippen molar-refractivity contribution in [2.45, 2.75) is 0 Å². The van der Waals surface area contributed by atoms with E-state index in [0.29, 0.717) is 0 Å². The van der Waals surface area contributed by atoms with Crippen LogP contribution in [0.2, 0.25) is 0 Å². The maximum atomic E-state index is 11.5. The van der Waals surface area contributed by atoms with Crippen LogP contribution in [0.5, 0.6) is 0 Å². The molecule has 0 aliphatic carbocycles. The van der Waals surface area contributed by atoms with Crippen molar-refractivity contribution in [3.8, 4) is 0 Å². The molecule has 0 heterocycles. The van der Waals surface area contributed by atoms with Crippen LogP contribution in [0.15, 0.2) is 24.3 Å². The highest BCUT2D eigenvalue weighted by Crippen LogP contribution is 2.08. The summed E-state index contributed by atoms with van der Waals surface area (Å²) in [5, 5.41) is 8.84. The second kappa shape index (κ2) is 5.84. The van der Waals surface area contributed by atoms with E-state index in [1.165, 1.54) is 25.3 Å². The smallest absolute Gasteiger partial charge is 0.336 e. The van der Waals surface area contributed by atoms with Gasteiger partial charge in [0.05, 0.1) is 11.1 Å². The molecule has 6 nitrogen and oxygen atoms in total. The van der Waals surface area contributed by atoms with Gasteiger partial charge in [-0.05, 0) is 12.1 Å².